The zero-order valence-electron chi connectivity index (χ0n) is 11.0. The van der Waals surface area contributed by atoms with Gasteiger partial charge in [0.15, 0.2) is 0 Å². The van der Waals surface area contributed by atoms with E-state index in [4.69, 9.17) is 0 Å². The lowest BCUT2D eigenvalue weighted by Crippen LogP contribution is -2.37. The fraction of sp³-hybridized carbons (Fsp3) is 0.500. The molecule has 0 saturated heterocycles. The second-order valence-electron chi connectivity index (χ2n) is 4.55. The monoisotopic (exact) mass is 308 g/mol. The van der Waals surface area contributed by atoms with E-state index in [9.17, 15) is 22.4 Å². The molecule has 0 saturated carbocycles. The highest BCUT2D eigenvalue weighted by molar-refractivity contribution is 8.14. The van der Waals surface area contributed by atoms with Crippen LogP contribution in [0.5, 0.6) is 0 Å². The van der Waals surface area contributed by atoms with Crippen molar-refractivity contribution in [1.82, 2.24) is 0 Å². The maximum absolute atomic E-state index is 13.0. The third-order valence-corrected chi connectivity index (χ3v) is 3.76. The first-order valence-corrected chi connectivity index (χ1v) is 7.20. The number of halogens is 4. The number of unbranched alkanes of at least 4 members (excludes halogenated alkanes) is 1. The van der Waals surface area contributed by atoms with Crippen LogP contribution in [0.25, 0.3) is 0 Å². The van der Waals surface area contributed by atoms with Gasteiger partial charge in [-0.2, -0.15) is 8.78 Å². The van der Waals surface area contributed by atoms with Gasteiger partial charge in [0.1, 0.15) is 0 Å². The lowest BCUT2D eigenvalue weighted by atomic mass is 10.1. The number of thioether (sulfide) groups is 1. The van der Waals surface area contributed by atoms with Crippen LogP contribution in [0.2, 0.25) is 0 Å². The van der Waals surface area contributed by atoms with Crippen molar-refractivity contribution in [1.29, 1.82) is 0 Å². The molecule has 0 heterocycles. The third kappa shape index (κ3) is 5.15. The Bertz CT molecular complexity index is 429. The van der Waals surface area contributed by atoms with Crippen LogP contribution in [0.1, 0.15) is 36.5 Å². The third-order valence-electron chi connectivity index (χ3n) is 2.77. The van der Waals surface area contributed by atoms with E-state index in [0.717, 1.165) is 11.8 Å². The molecule has 1 aromatic rings. The average molecular weight is 308 g/mol. The van der Waals surface area contributed by atoms with Gasteiger partial charge in [0.2, 0.25) is 5.12 Å². The molecule has 0 unspecified atom stereocenters. The molecule has 0 N–H and O–H groups in total. The second kappa shape index (κ2) is 7.11. The van der Waals surface area contributed by atoms with Crippen molar-refractivity contribution in [3.05, 3.63) is 35.9 Å². The summed E-state index contributed by atoms with van der Waals surface area (Å²) in [5.74, 6) is -7.64. The van der Waals surface area contributed by atoms with E-state index in [-0.39, 0.29) is 18.5 Å². The molecule has 0 aliphatic heterocycles. The fourth-order valence-electron chi connectivity index (χ4n) is 1.49. The van der Waals surface area contributed by atoms with Crippen molar-refractivity contribution in [2.24, 2.45) is 0 Å². The Hall–Kier alpha value is -1.04. The summed E-state index contributed by atoms with van der Waals surface area (Å²) in [6, 6.07) is 8.59. The van der Waals surface area contributed by atoms with Crippen molar-refractivity contribution >= 4 is 16.9 Å². The van der Waals surface area contributed by atoms with Gasteiger partial charge >= 0.3 is 11.8 Å². The molecular formula is C14H16F4OS. The average Bonchev–Trinajstić information content (AvgIpc) is 2.37. The molecule has 0 atom stereocenters. The molecule has 1 aromatic carbocycles. The van der Waals surface area contributed by atoms with Crippen molar-refractivity contribution < 1.29 is 22.4 Å². The molecule has 0 fully saturated rings. The van der Waals surface area contributed by atoms with Gasteiger partial charge in [-0.15, -0.1) is 0 Å². The summed E-state index contributed by atoms with van der Waals surface area (Å²) in [5.41, 5.74) is 0.544. The van der Waals surface area contributed by atoms with Crippen LogP contribution in [0.4, 0.5) is 17.6 Å². The largest absolute Gasteiger partial charge is 0.309 e. The molecule has 0 spiro atoms. The lowest BCUT2D eigenvalue weighted by molar-refractivity contribution is -0.201. The van der Waals surface area contributed by atoms with Crippen LogP contribution in [-0.4, -0.2) is 22.7 Å². The molecule has 20 heavy (non-hydrogen) atoms. The predicted molar refractivity (Wildman–Crippen MR) is 72.6 cm³/mol. The van der Waals surface area contributed by atoms with E-state index in [1.165, 1.54) is 0 Å². The zero-order chi connectivity index (χ0) is 15.2. The molecule has 0 bridgehead atoms. The minimum Gasteiger partial charge on any atom is -0.282 e. The highest BCUT2D eigenvalue weighted by atomic mass is 32.2. The van der Waals surface area contributed by atoms with E-state index in [1.807, 2.05) is 0 Å². The molecule has 6 heteroatoms. The Balaban J connectivity index is 2.25. The number of rotatable bonds is 7. The molecular weight excluding hydrogens is 292 g/mol. The zero-order valence-corrected chi connectivity index (χ0v) is 11.9. The van der Waals surface area contributed by atoms with Crippen LogP contribution in [0.3, 0.4) is 0 Å². The summed E-state index contributed by atoms with van der Waals surface area (Å²) < 4.78 is 51.0. The highest BCUT2D eigenvalue weighted by Gasteiger charge is 2.51. The van der Waals surface area contributed by atoms with Gasteiger partial charge in [0.05, 0.1) is 0 Å². The summed E-state index contributed by atoms with van der Waals surface area (Å²) in [5, 5.41) is -0.141. The Kier molecular flexibility index (Phi) is 6.05. The Morgan fingerprint density at radius 3 is 2.25 bits per heavy atom. The van der Waals surface area contributed by atoms with Gasteiger partial charge in [-0.25, -0.2) is 8.78 Å². The van der Waals surface area contributed by atoms with Gasteiger partial charge in [-0.1, -0.05) is 42.1 Å². The molecule has 0 amide bonds. The van der Waals surface area contributed by atoms with Crippen molar-refractivity contribution in [3.63, 3.8) is 0 Å². The first-order chi connectivity index (χ1) is 9.24. The number of benzene rings is 1. The summed E-state index contributed by atoms with van der Waals surface area (Å²) >= 11 is 1.02. The first-order valence-electron chi connectivity index (χ1n) is 6.22. The van der Waals surface area contributed by atoms with E-state index >= 15 is 0 Å². The van der Waals surface area contributed by atoms with E-state index in [1.54, 1.807) is 30.3 Å². The fourth-order valence-corrected chi connectivity index (χ4v) is 2.33. The number of carbonyl (C=O) groups is 1. The summed E-state index contributed by atoms with van der Waals surface area (Å²) in [7, 11) is 0. The Labute approximate surface area is 119 Å². The normalized spacial score (nSPS) is 12.4. The van der Waals surface area contributed by atoms with Gasteiger partial charge in [0, 0.05) is 24.7 Å². The van der Waals surface area contributed by atoms with Gasteiger partial charge in [-0.3, -0.25) is 4.79 Å². The van der Waals surface area contributed by atoms with Crippen LogP contribution < -0.4 is 0 Å². The highest BCUT2D eigenvalue weighted by Crippen LogP contribution is 2.37. The summed E-state index contributed by atoms with van der Waals surface area (Å²) in [6.07, 6.45) is -0.600. The molecule has 0 aliphatic rings. The molecule has 1 nitrogen and oxygen atoms in total. The molecule has 1 rings (SSSR count). The van der Waals surface area contributed by atoms with Crippen LogP contribution in [0.15, 0.2) is 30.3 Å². The van der Waals surface area contributed by atoms with Crippen molar-refractivity contribution in [2.75, 3.05) is 5.75 Å². The number of carbonyl (C=O) groups excluding carboxylic acids is 1. The van der Waals surface area contributed by atoms with Crippen LogP contribution in [0, 0.1) is 0 Å². The Morgan fingerprint density at radius 2 is 1.70 bits per heavy atom. The second-order valence-corrected chi connectivity index (χ2v) is 5.62. The van der Waals surface area contributed by atoms with Gasteiger partial charge < -0.3 is 0 Å². The molecule has 0 radical (unpaired) electrons. The van der Waals surface area contributed by atoms with E-state index < -0.39 is 18.3 Å². The lowest BCUT2D eigenvalue weighted by Gasteiger charge is -2.22. The van der Waals surface area contributed by atoms with Gasteiger partial charge in [-0.05, 0) is 12.8 Å². The standard InChI is InChI=1S/C14H16F4OS/c1-13(15,16)14(17,18)9-5-6-10-20-12(19)11-7-3-2-4-8-11/h2-4,7-8H,5-6,9-10H2,1H3. The van der Waals surface area contributed by atoms with Crippen LogP contribution in [-0.2, 0) is 0 Å². The minimum absolute atomic E-state index is 0.0362. The number of hydrogen-bond acceptors (Lipinski definition) is 2. The topological polar surface area (TPSA) is 17.1 Å². The smallest absolute Gasteiger partial charge is 0.282 e. The van der Waals surface area contributed by atoms with Crippen molar-refractivity contribution in [2.45, 2.75) is 38.0 Å². The molecule has 112 valence electrons. The van der Waals surface area contributed by atoms with Crippen LogP contribution >= 0.6 is 11.8 Å². The van der Waals surface area contributed by atoms with Crippen molar-refractivity contribution in [3.8, 4) is 0 Å². The summed E-state index contributed by atoms with van der Waals surface area (Å²) in [6.45, 7) is 0.223. The number of hydrogen-bond donors (Lipinski definition) is 0. The quantitative estimate of drug-likeness (QED) is 0.519. The first kappa shape index (κ1) is 17.0. The minimum atomic E-state index is -4.00. The SMILES string of the molecule is CC(F)(F)C(F)(F)CCCCSC(=O)c1ccccc1. The number of alkyl halides is 4. The van der Waals surface area contributed by atoms with Gasteiger partial charge in [0.25, 0.3) is 0 Å². The Morgan fingerprint density at radius 1 is 1.10 bits per heavy atom. The van der Waals surface area contributed by atoms with E-state index in [0.29, 0.717) is 17.7 Å². The molecule has 0 aromatic heterocycles. The predicted octanol–water partition coefficient (Wildman–Crippen LogP) is 5.02. The summed E-state index contributed by atoms with van der Waals surface area (Å²) in [4.78, 5) is 11.7. The maximum Gasteiger partial charge on any atom is 0.309 e. The van der Waals surface area contributed by atoms with E-state index in [2.05, 4.69) is 0 Å². The molecule has 0 aliphatic carbocycles. The maximum atomic E-state index is 13.0.